The van der Waals surface area contributed by atoms with E-state index in [1.807, 2.05) is 0 Å². The summed E-state index contributed by atoms with van der Waals surface area (Å²) in [4.78, 5) is 13.6. The van der Waals surface area contributed by atoms with Crippen LogP contribution in [0, 0.1) is 0 Å². The fourth-order valence-corrected chi connectivity index (χ4v) is 2.79. The molecule has 1 atom stereocenters. The Balaban J connectivity index is 1.75. The molecule has 0 aromatic heterocycles. The summed E-state index contributed by atoms with van der Waals surface area (Å²) < 4.78 is 11.3. The maximum absolute atomic E-state index is 11.3. The lowest BCUT2D eigenvalue weighted by atomic mass is 10.0. The minimum absolute atomic E-state index is 0.366. The van der Waals surface area contributed by atoms with Gasteiger partial charge in [-0.05, 0) is 0 Å². The van der Waals surface area contributed by atoms with Gasteiger partial charge < -0.3 is 9.47 Å². The molecule has 0 amide bonds. The highest BCUT2D eigenvalue weighted by Crippen LogP contribution is 2.37. The van der Waals surface area contributed by atoms with E-state index in [4.69, 9.17) is 9.47 Å². The first-order valence-corrected chi connectivity index (χ1v) is 5.31. The molecule has 0 aromatic carbocycles. The van der Waals surface area contributed by atoms with Gasteiger partial charge in [-0.15, -0.1) is 0 Å². The Labute approximate surface area is 83.2 Å². The van der Waals surface area contributed by atoms with Crippen molar-refractivity contribution in [1.82, 2.24) is 4.90 Å². The SMILES string of the molecule is O=C1CCN2CC3(C[C@@H]2C1)OCCO3. The molecule has 3 aliphatic rings. The Bertz CT molecular complexity index is 260. The molecule has 4 nitrogen and oxygen atoms in total. The molecule has 0 aromatic rings. The Morgan fingerprint density at radius 2 is 2.14 bits per heavy atom. The molecule has 0 unspecified atom stereocenters. The minimum Gasteiger partial charge on any atom is -0.346 e. The van der Waals surface area contributed by atoms with E-state index in [9.17, 15) is 4.79 Å². The summed E-state index contributed by atoms with van der Waals surface area (Å²) >= 11 is 0. The molecule has 78 valence electrons. The fraction of sp³-hybridized carbons (Fsp3) is 0.900. The van der Waals surface area contributed by atoms with Crippen molar-refractivity contribution < 1.29 is 14.3 Å². The highest BCUT2D eigenvalue weighted by Gasteiger charge is 2.49. The van der Waals surface area contributed by atoms with Crippen molar-refractivity contribution in [3.8, 4) is 0 Å². The second-order valence-corrected chi connectivity index (χ2v) is 4.43. The van der Waals surface area contributed by atoms with Crippen LogP contribution in [0.2, 0.25) is 0 Å². The molecule has 3 rings (SSSR count). The average Bonchev–Trinajstić information content (AvgIpc) is 2.72. The van der Waals surface area contributed by atoms with E-state index >= 15 is 0 Å². The summed E-state index contributed by atoms with van der Waals surface area (Å²) in [5.41, 5.74) is 0. The van der Waals surface area contributed by atoms with Gasteiger partial charge in [0.1, 0.15) is 5.78 Å². The summed E-state index contributed by atoms with van der Waals surface area (Å²) in [5.74, 6) is 0.0243. The van der Waals surface area contributed by atoms with Crippen molar-refractivity contribution in [2.45, 2.75) is 31.1 Å². The van der Waals surface area contributed by atoms with Crippen LogP contribution in [0.15, 0.2) is 0 Å². The number of carbonyl (C=O) groups is 1. The lowest BCUT2D eigenvalue weighted by molar-refractivity contribution is -0.145. The summed E-state index contributed by atoms with van der Waals surface area (Å²) in [7, 11) is 0. The zero-order valence-corrected chi connectivity index (χ0v) is 8.20. The number of piperidine rings is 1. The third-order valence-electron chi connectivity index (χ3n) is 3.46. The smallest absolute Gasteiger partial charge is 0.182 e. The maximum atomic E-state index is 11.3. The van der Waals surface area contributed by atoms with Gasteiger partial charge in [-0.25, -0.2) is 0 Å². The fourth-order valence-electron chi connectivity index (χ4n) is 2.79. The van der Waals surface area contributed by atoms with Crippen molar-refractivity contribution in [3.05, 3.63) is 0 Å². The molecule has 14 heavy (non-hydrogen) atoms. The highest BCUT2D eigenvalue weighted by atomic mass is 16.7. The monoisotopic (exact) mass is 197 g/mol. The second kappa shape index (κ2) is 3.02. The molecule has 1 spiro atoms. The molecular formula is C10H15NO3. The first kappa shape index (κ1) is 8.83. The summed E-state index contributed by atoms with van der Waals surface area (Å²) in [6.07, 6.45) is 2.26. The molecule has 0 aliphatic carbocycles. The Kier molecular flexibility index (Phi) is 1.90. The van der Waals surface area contributed by atoms with Gasteiger partial charge in [-0.2, -0.15) is 0 Å². The van der Waals surface area contributed by atoms with Gasteiger partial charge in [-0.1, -0.05) is 0 Å². The number of Topliss-reactive ketones (excluding diaryl/α,β-unsaturated/α-hetero) is 1. The number of carbonyl (C=O) groups excluding carboxylic acids is 1. The molecule has 0 saturated carbocycles. The van der Waals surface area contributed by atoms with Crippen LogP contribution in [-0.2, 0) is 14.3 Å². The van der Waals surface area contributed by atoms with E-state index in [0.29, 0.717) is 37.9 Å². The molecular weight excluding hydrogens is 182 g/mol. The van der Waals surface area contributed by atoms with Crippen LogP contribution in [0.25, 0.3) is 0 Å². The van der Waals surface area contributed by atoms with Crippen molar-refractivity contribution in [2.24, 2.45) is 0 Å². The lowest BCUT2D eigenvalue weighted by Crippen LogP contribution is -2.39. The summed E-state index contributed by atoms with van der Waals surface area (Å²) in [6, 6.07) is 0.370. The maximum Gasteiger partial charge on any atom is 0.182 e. The third-order valence-corrected chi connectivity index (χ3v) is 3.46. The number of hydrogen-bond acceptors (Lipinski definition) is 4. The van der Waals surface area contributed by atoms with Crippen LogP contribution in [0.3, 0.4) is 0 Å². The van der Waals surface area contributed by atoms with Crippen LogP contribution >= 0.6 is 0 Å². The van der Waals surface area contributed by atoms with E-state index < -0.39 is 0 Å². The minimum atomic E-state index is -0.366. The summed E-state index contributed by atoms with van der Waals surface area (Å²) in [5, 5.41) is 0. The molecule has 3 saturated heterocycles. The van der Waals surface area contributed by atoms with Crippen LogP contribution in [0.4, 0.5) is 0 Å². The van der Waals surface area contributed by atoms with Gasteiger partial charge in [-0.3, -0.25) is 9.69 Å². The number of hydrogen-bond donors (Lipinski definition) is 0. The number of nitrogens with zero attached hydrogens (tertiary/aromatic N) is 1. The van der Waals surface area contributed by atoms with Gasteiger partial charge in [0.05, 0.1) is 19.8 Å². The first-order chi connectivity index (χ1) is 6.77. The van der Waals surface area contributed by atoms with Gasteiger partial charge in [0.2, 0.25) is 0 Å². The number of ether oxygens (including phenoxy) is 2. The van der Waals surface area contributed by atoms with Crippen molar-refractivity contribution in [2.75, 3.05) is 26.3 Å². The standard InChI is InChI=1S/C10H15NO3/c12-9-1-2-11-7-10(6-8(11)5-9)13-3-4-14-10/h8H,1-7H2/t8-/m0/s1. The number of rotatable bonds is 0. The zero-order chi connectivity index (χ0) is 9.60. The normalized spacial score (nSPS) is 36.6. The van der Waals surface area contributed by atoms with Gasteiger partial charge >= 0.3 is 0 Å². The Morgan fingerprint density at radius 1 is 1.36 bits per heavy atom. The second-order valence-electron chi connectivity index (χ2n) is 4.43. The summed E-state index contributed by atoms with van der Waals surface area (Å²) in [6.45, 7) is 3.14. The number of ketones is 1. The van der Waals surface area contributed by atoms with Gasteiger partial charge in [0.15, 0.2) is 5.79 Å². The molecule has 3 fully saturated rings. The van der Waals surface area contributed by atoms with Crippen LogP contribution in [0.1, 0.15) is 19.3 Å². The van der Waals surface area contributed by atoms with E-state index in [1.54, 1.807) is 0 Å². The molecule has 4 heteroatoms. The largest absolute Gasteiger partial charge is 0.346 e. The highest BCUT2D eigenvalue weighted by molar-refractivity contribution is 5.80. The number of fused-ring (bicyclic) bond motifs is 1. The molecule has 0 bridgehead atoms. The van der Waals surface area contributed by atoms with Crippen molar-refractivity contribution >= 4 is 5.78 Å². The Hall–Kier alpha value is -0.450. The zero-order valence-electron chi connectivity index (χ0n) is 8.20. The van der Waals surface area contributed by atoms with E-state index in [2.05, 4.69) is 4.90 Å². The van der Waals surface area contributed by atoms with Crippen LogP contribution in [-0.4, -0.2) is 48.8 Å². The Morgan fingerprint density at radius 3 is 2.93 bits per heavy atom. The lowest BCUT2D eigenvalue weighted by Gasteiger charge is -2.27. The van der Waals surface area contributed by atoms with Crippen molar-refractivity contribution in [3.63, 3.8) is 0 Å². The van der Waals surface area contributed by atoms with E-state index in [-0.39, 0.29) is 5.79 Å². The predicted octanol–water partition coefficient (Wildman–Crippen LogP) is 0.167. The molecule has 3 heterocycles. The predicted molar refractivity (Wildman–Crippen MR) is 48.9 cm³/mol. The molecule has 0 radical (unpaired) electrons. The van der Waals surface area contributed by atoms with Crippen molar-refractivity contribution in [1.29, 1.82) is 0 Å². The van der Waals surface area contributed by atoms with E-state index in [1.165, 1.54) is 0 Å². The topological polar surface area (TPSA) is 38.8 Å². The third kappa shape index (κ3) is 1.29. The van der Waals surface area contributed by atoms with Crippen LogP contribution < -0.4 is 0 Å². The van der Waals surface area contributed by atoms with Crippen LogP contribution in [0.5, 0.6) is 0 Å². The van der Waals surface area contributed by atoms with Gasteiger partial charge in [0.25, 0.3) is 0 Å². The average molecular weight is 197 g/mol. The molecule has 0 N–H and O–H groups in total. The first-order valence-electron chi connectivity index (χ1n) is 5.31. The van der Waals surface area contributed by atoms with E-state index in [0.717, 1.165) is 19.5 Å². The molecule has 3 aliphatic heterocycles. The quantitative estimate of drug-likeness (QED) is 0.555. The van der Waals surface area contributed by atoms with Gasteiger partial charge in [0, 0.05) is 31.8 Å².